The smallest absolute Gasteiger partial charge is 0.224 e. The zero-order chi connectivity index (χ0) is 15.4. The standard InChI is InChI=1S/C15H21Cl2N3O/c1-20(9-10-4-5-10)6-2-3-14(21)19-15-12(17)7-11(16)8-13(15)18/h7-8,10H,2-6,9,18H2,1H3,(H,19,21). The molecule has 0 unspecified atom stereocenters. The van der Waals surface area contributed by atoms with Gasteiger partial charge >= 0.3 is 0 Å². The van der Waals surface area contributed by atoms with E-state index in [0.717, 1.165) is 25.4 Å². The van der Waals surface area contributed by atoms with Crippen molar-refractivity contribution in [3.8, 4) is 0 Å². The van der Waals surface area contributed by atoms with Crippen LogP contribution in [0.1, 0.15) is 25.7 Å². The predicted octanol–water partition coefficient (Wildman–Crippen LogP) is 3.64. The van der Waals surface area contributed by atoms with Crippen LogP contribution in [0.25, 0.3) is 0 Å². The van der Waals surface area contributed by atoms with E-state index >= 15 is 0 Å². The molecule has 0 aromatic heterocycles. The molecule has 1 amide bonds. The Morgan fingerprint density at radius 2 is 2.14 bits per heavy atom. The summed E-state index contributed by atoms with van der Waals surface area (Å²) in [4.78, 5) is 14.2. The van der Waals surface area contributed by atoms with E-state index in [1.54, 1.807) is 12.1 Å². The Morgan fingerprint density at radius 3 is 2.76 bits per heavy atom. The van der Waals surface area contributed by atoms with Crippen molar-refractivity contribution >= 4 is 40.5 Å². The normalized spacial score (nSPS) is 14.5. The monoisotopic (exact) mass is 329 g/mol. The molecule has 1 fully saturated rings. The molecule has 6 heteroatoms. The van der Waals surface area contributed by atoms with Crippen LogP contribution in [0.2, 0.25) is 10.0 Å². The molecule has 0 spiro atoms. The van der Waals surface area contributed by atoms with Crippen LogP contribution in [-0.2, 0) is 4.79 Å². The number of benzene rings is 1. The predicted molar refractivity (Wildman–Crippen MR) is 89.0 cm³/mol. The first kappa shape index (κ1) is 16.4. The minimum Gasteiger partial charge on any atom is -0.397 e. The lowest BCUT2D eigenvalue weighted by Crippen LogP contribution is -2.23. The molecule has 1 aromatic rings. The van der Waals surface area contributed by atoms with Crippen molar-refractivity contribution in [3.63, 3.8) is 0 Å². The average molecular weight is 330 g/mol. The molecule has 2 rings (SSSR count). The number of anilines is 2. The van der Waals surface area contributed by atoms with Crippen LogP contribution < -0.4 is 11.1 Å². The van der Waals surface area contributed by atoms with E-state index in [-0.39, 0.29) is 5.91 Å². The van der Waals surface area contributed by atoms with Gasteiger partial charge in [0.15, 0.2) is 0 Å². The minimum atomic E-state index is -0.0780. The molecule has 1 aliphatic carbocycles. The summed E-state index contributed by atoms with van der Waals surface area (Å²) in [7, 11) is 2.10. The van der Waals surface area contributed by atoms with Crippen LogP contribution in [0.5, 0.6) is 0 Å². The second-order valence-electron chi connectivity index (χ2n) is 5.71. The zero-order valence-corrected chi connectivity index (χ0v) is 13.7. The number of rotatable bonds is 7. The second kappa shape index (κ2) is 7.34. The van der Waals surface area contributed by atoms with Crippen LogP contribution in [0.4, 0.5) is 11.4 Å². The number of hydrogen-bond donors (Lipinski definition) is 2. The summed E-state index contributed by atoms with van der Waals surface area (Å²) in [6.45, 7) is 2.06. The highest BCUT2D eigenvalue weighted by Gasteiger charge is 2.22. The SMILES string of the molecule is CN(CCCC(=O)Nc1c(N)cc(Cl)cc1Cl)CC1CC1. The summed E-state index contributed by atoms with van der Waals surface area (Å²) in [6.07, 6.45) is 3.96. The maximum atomic E-state index is 11.9. The maximum Gasteiger partial charge on any atom is 0.224 e. The molecule has 0 radical (unpaired) electrons. The Labute approximate surface area is 135 Å². The summed E-state index contributed by atoms with van der Waals surface area (Å²) < 4.78 is 0. The fraction of sp³-hybridized carbons (Fsp3) is 0.533. The van der Waals surface area contributed by atoms with Gasteiger partial charge in [0.1, 0.15) is 0 Å². The highest BCUT2D eigenvalue weighted by molar-refractivity contribution is 6.37. The summed E-state index contributed by atoms with van der Waals surface area (Å²) >= 11 is 11.9. The van der Waals surface area contributed by atoms with Gasteiger partial charge in [-0.2, -0.15) is 0 Å². The number of nitrogens with one attached hydrogen (secondary N) is 1. The lowest BCUT2D eigenvalue weighted by molar-refractivity contribution is -0.116. The first-order valence-corrected chi connectivity index (χ1v) is 7.94. The third-order valence-electron chi connectivity index (χ3n) is 3.56. The molecule has 0 aliphatic heterocycles. The van der Waals surface area contributed by atoms with E-state index < -0.39 is 0 Å². The van der Waals surface area contributed by atoms with Crippen molar-refractivity contribution in [1.82, 2.24) is 4.90 Å². The number of amides is 1. The number of hydrogen-bond acceptors (Lipinski definition) is 3. The molecule has 3 N–H and O–H groups in total. The first-order chi connectivity index (χ1) is 9.95. The van der Waals surface area contributed by atoms with Gasteiger partial charge in [-0.15, -0.1) is 0 Å². The Balaban J connectivity index is 1.76. The topological polar surface area (TPSA) is 58.4 Å². The van der Waals surface area contributed by atoms with Crippen LogP contribution >= 0.6 is 23.2 Å². The van der Waals surface area contributed by atoms with Crippen molar-refractivity contribution in [3.05, 3.63) is 22.2 Å². The molecular weight excluding hydrogens is 309 g/mol. The van der Waals surface area contributed by atoms with Crippen LogP contribution in [0.15, 0.2) is 12.1 Å². The largest absolute Gasteiger partial charge is 0.397 e. The Morgan fingerprint density at radius 1 is 1.43 bits per heavy atom. The summed E-state index contributed by atoms with van der Waals surface area (Å²) in [5.74, 6) is 0.794. The van der Waals surface area contributed by atoms with E-state index in [9.17, 15) is 4.79 Å². The highest BCUT2D eigenvalue weighted by atomic mass is 35.5. The number of halogens is 2. The van der Waals surface area contributed by atoms with Gasteiger partial charge in [-0.05, 0) is 50.9 Å². The van der Waals surface area contributed by atoms with Gasteiger partial charge < -0.3 is 16.0 Å². The summed E-state index contributed by atoms with van der Waals surface area (Å²) in [6, 6.07) is 3.14. The van der Waals surface area contributed by atoms with Crippen LogP contribution in [0.3, 0.4) is 0 Å². The highest BCUT2D eigenvalue weighted by Crippen LogP contribution is 2.32. The molecule has 4 nitrogen and oxygen atoms in total. The molecule has 21 heavy (non-hydrogen) atoms. The number of carbonyl (C=O) groups is 1. The van der Waals surface area contributed by atoms with Gasteiger partial charge in [-0.3, -0.25) is 4.79 Å². The van der Waals surface area contributed by atoms with Gasteiger partial charge in [0.2, 0.25) is 5.91 Å². The molecule has 116 valence electrons. The molecule has 1 aromatic carbocycles. The van der Waals surface area contributed by atoms with Crippen molar-refractivity contribution in [1.29, 1.82) is 0 Å². The molecule has 1 aliphatic rings. The zero-order valence-electron chi connectivity index (χ0n) is 12.2. The minimum absolute atomic E-state index is 0.0780. The maximum absolute atomic E-state index is 11.9. The van der Waals surface area contributed by atoms with Gasteiger partial charge in [0, 0.05) is 18.0 Å². The van der Waals surface area contributed by atoms with Crippen molar-refractivity contribution in [2.45, 2.75) is 25.7 Å². The Bertz CT molecular complexity index is 495. The van der Waals surface area contributed by atoms with E-state index in [0.29, 0.717) is 27.8 Å². The Hall–Kier alpha value is -0.970. The summed E-state index contributed by atoms with van der Waals surface area (Å²) in [5.41, 5.74) is 6.64. The molecule has 0 atom stereocenters. The van der Waals surface area contributed by atoms with Crippen LogP contribution in [0, 0.1) is 5.92 Å². The van der Waals surface area contributed by atoms with Gasteiger partial charge in [-0.25, -0.2) is 0 Å². The number of nitrogens with zero attached hydrogens (tertiary/aromatic N) is 1. The van der Waals surface area contributed by atoms with Crippen molar-refractivity contribution in [2.75, 3.05) is 31.2 Å². The average Bonchev–Trinajstić information content (AvgIpc) is 3.17. The quantitative estimate of drug-likeness (QED) is 0.751. The lowest BCUT2D eigenvalue weighted by Gasteiger charge is -2.16. The van der Waals surface area contributed by atoms with Gasteiger partial charge in [0.05, 0.1) is 16.4 Å². The van der Waals surface area contributed by atoms with Crippen molar-refractivity contribution in [2.24, 2.45) is 5.92 Å². The van der Waals surface area contributed by atoms with E-state index in [1.807, 2.05) is 0 Å². The van der Waals surface area contributed by atoms with E-state index in [4.69, 9.17) is 28.9 Å². The summed E-state index contributed by atoms with van der Waals surface area (Å²) in [5, 5.41) is 3.58. The molecule has 0 bridgehead atoms. The van der Waals surface area contributed by atoms with Gasteiger partial charge in [-0.1, -0.05) is 23.2 Å². The number of carbonyl (C=O) groups excluding carboxylic acids is 1. The number of nitrogen functional groups attached to an aromatic ring is 1. The molecule has 1 saturated carbocycles. The lowest BCUT2D eigenvalue weighted by atomic mass is 10.2. The second-order valence-corrected chi connectivity index (χ2v) is 6.55. The fourth-order valence-electron chi connectivity index (χ4n) is 2.27. The number of nitrogens with two attached hydrogens (primary N) is 1. The fourth-order valence-corrected chi connectivity index (χ4v) is 2.83. The van der Waals surface area contributed by atoms with Crippen LogP contribution in [-0.4, -0.2) is 30.9 Å². The first-order valence-electron chi connectivity index (χ1n) is 7.18. The van der Waals surface area contributed by atoms with Gasteiger partial charge in [0.25, 0.3) is 0 Å². The van der Waals surface area contributed by atoms with E-state index in [1.165, 1.54) is 12.8 Å². The third-order valence-corrected chi connectivity index (χ3v) is 4.08. The van der Waals surface area contributed by atoms with Crippen molar-refractivity contribution < 1.29 is 4.79 Å². The van der Waals surface area contributed by atoms with E-state index in [2.05, 4.69) is 17.3 Å². The molecular formula is C15H21Cl2N3O. The molecule has 0 saturated heterocycles. The molecule has 0 heterocycles. The Kier molecular flexibility index (Phi) is 5.73. The third kappa shape index (κ3) is 5.38.